The van der Waals surface area contributed by atoms with Gasteiger partial charge in [0.25, 0.3) is 0 Å². The van der Waals surface area contributed by atoms with Crippen LogP contribution in [-0.4, -0.2) is 31.2 Å². The highest BCUT2D eigenvalue weighted by atomic mass is 28.4. The molecule has 1 rings (SSSR count). The van der Waals surface area contributed by atoms with Gasteiger partial charge in [0.2, 0.25) is 0 Å². The summed E-state index contributed by atoms with van der Waals surface area (Å²) in [4.78, 5) is 10.7. The Morgan fingerprint density at radius 3 is 2.33 bits per heavy atom. The zero-order chi connectivity index (χ0) is 14.2. The van der Waals surface area contributed by atoms with Crippen LogP contribution >= 0.6 is 0 Å². The molecule has 0 aromatic rings. The van der Waals surface area contributed by atoms with Gasteiger partial charge in [-0.15, -0.1) is 6.42 Å². The Morgan fingerprint density at radius 1 is 1.50 bits per heavy atom. The van der Waals surface area contributed by atoms with E-state index in [4.69, 9.17) is 16.0 Å². The molecule has 1 saturated carbocycles. The smallest absolute Gasteiger partial charge is 0.405 e. The Balaban J connectivity index is 2.58. The highest BCUT2D eigenvalue weighted by Crippen LogP contribution is 2.42. The average Bonchev–Trinajstić information content (AvgIpc) is 2.10. The summed E-state index contributed by atoms with van der Waals surface area (Å²) in [6.45, 7) is 10.9. The maximum Gasteiger partial charge on any atom is 0.405 e. The van der Waals surface area contributed by atoms with E-state index in [1.165, 1.54) is 0 Å². The summed E-state index contributed by atoms with van der Waals surface area (Å²) in [5.41, 5.74) is -0.723. The molecule has 1 amide bonds. The molecule has 2 N–H and O–H groups in total. The summed E-state index contributed by atoms with van der Waals surface area (Å²) >= 11 is 0. The zero-order valence-corrected chi connectivity index (χ0v) is 12.8. The second kappa shape index (κ2) is 4.60. The van der Waals surface area contributed by atoms with Crippen LogP contribution in [0.3, 0.4) is 0 Å². The van der Waals surface area contributed by atoms with Crippen LogP contribution in [0.25, 0.3) is 0 Å². The number of rotatable bonds is 3. The van der Waals surface area contributed by atoms with Crippen LogP contribution in [-0.2, 0) is 4.43 Å². The zero-order valence-electron chi connectivity index (χ0n) is 11.8. The minimum atomic E-state index is -1.80. The largest absolute Gasteiger partial charge is 0.465 e. The van der Waals surface area contributed by atoms with Gasteiger partial charge in [-0.2, -0.15) is 0 Å². The molecular weight excluding hydrogens is 246 g/mol. The van der Waals surface area contributed by atoms with Crippen LogP contribution in [0.15, 0.2) is 0 Å². The summed E-state index contributed by atoms with van der Waals surface area (Å²) in [6, 6.07) is 0. The highest BCUT2D eigenvalue weighted by molar-refractivity contribution is 6.74. The summed E-state index contributed by atoms with van der Waals surface area (Å²) in [6.07, 6.45) is 5.56. The van der Waals surface area contributed by atoms with E-state index in [1.807, 2.05) is 0 Å². The lowest BCUT2D eigenvalue weighted by Crippen LogP contribution is -2.61. The van der Waals surface area contributed by atoms with E-state index in [-0.39, 0.29) is 11.1 Å². The van der Waals surface area contributed by atoms with E-state index in [0.29, 0.717) is 12.8 Å². The second-order valence-corrected chi connectivity index (χ2v) is 11.3. The topological polar surface area (TPSA) is 58.6 Å². The molecule has 0 saturated heterocycles. The van der Waals surface area contributed by atoms with Crippen molar-refractivity contribution in [3.05, 3.63) is 0 Å². The first-order valence-corrected chi connectivity index (χ1v) is 9.09. The molecule has 1 fully saturated rings. The molecule has 0 spiro atoms. The third kappa shape index (κ3) is 3.06. The van der Waals surface area contributed by atoms with Gasteiger partial charge in [-0.3, -0.25) is 0 Å². The van der Waals surface area contributed by atoms with Crippen molar-refractivity contribution in [3.63, 3.8) is 0 Å². The molecule has 0 atom stereocenters. The van der Waals surface area contributed by atoms with Gasteiger partial charge in [0, 0.05) is 12.8 Å². The van der Waals surface area contributed by atoms with Crippen LogP contribution in [0, 0.1) is 12.3 Å². The lowest BCUT2D eigenvalue weighted by atomic mass is 9.75. The molecule has 0 heterocycles. The number of terminal acetylenes is 1. The summed E-state index contributed by atoms with van der Waals surface area (Å²) < 4.78 is 6.19. The molecule has 1 aliphatic carbocycles. The summed E-state index contributed by atoms with van der Waals surface area (Å²) in [7, 11) is -1.80. The van der Waals surface area contributed by atoms with E-state index in [1.54, 1.807) is 0 Å². The average molecular weight is 269 g/mol. The van der Waals surface area contributed by atoms with E-state index < -0.39 is 19.9 Å². The molecule has 0 aromatic heterocycles. The van der Waals surface area contributed by atoms with Crippen LogP contribution in [0.5, 0.6) is 0 Å². The minimum absolute atomic E-state index is 0.0776. The fraction of sp³-hybridized carbons (Fsp3) is 0.769. The van der Waals surface area contributed by atoms with Crippen molar-refractivity contribution < 1.29 is 14.3 Å². The van der Waals surface area contributed by atoms with Gasteiger partial charge >= 0.3 is 6.09 Å². The molecule has 5 heteroatoms. The maximum atomic E-state index is 10.7. The Kier molecular flexibility index (Phi) is 3.85. The van der Waals surface area contributed by atoms with Gasteiger partial charge < -0.3 is 14.8 Å². The van der Waals surface area contributed by atoms with Crippen LogP contribution in [0.1, 0.15) is 33.6 Å². The minimum Gasteiger partial charge on any atom is -0.465 e. The number of nitrogens with one attached hydrogen (secondary N) is 1. The number of carboxylic acid groups (broad SMARTS) is 1. The third-order valence-electron chi connectivity index (χ3n) is 4.04. The molecule has 0 unspecified atom stereocenters. The van der Waals surface area contributed by atoms with Gasteiger partial charge in [0.1, 0.15) is 5.54 Å². The van der Waals surface area contributed by atoms with E-state index in [0.717, 1.165) is 0 Å². The molecule has 0 aliphatic heterocycles. The van der Waals surface area contributed by atoms with E-state index in [9.17, 15) is 4.79 Å². The quantitative estimate of drug-likeness (QED) is 0.612. The summed E-state index contributed by atoms with van der Waals surface area (Å²) in [5, 5.41) is 11.3. The Bertz CT molecular complexity index is 373. The lowest BCUT2D eigenvalue weighted by molar-refractivity contribution is 0.0417. The van der Waals surface area contributed by atoms with Crippen molar-refractivity contribution in [3.8, 4) is 12.3 Å². The standard InChI is InChI=1S/C13H23NO3Si/c1-7-13(14-11(15)16)8-10(9-13)17-18(5,6)12(2,3)4/h1,10,14H,8-9H2,2-6H3,(H,15,16). The molecule has 4 nitrogen and oxygen atoms in total. The molecule has 18 heavy (non-hydrogen) atoms. The fourth-order valence-corrected chi connectivity index (χ4v) is 3.21. The van der Waals surface area contributed by atoms with E-state index >= 15 is 0 Å². The highest BCUT2D eigenvalue weighted by Gasteiger charge is 2.49. The van der Waals surface area contributed by atoms with Crippen LogP contribution in [0.4, 0.5) is 4.79 Å². The number of amides is 1. The SMILES string of the molecule is C#CC1(NC(=O)O)CC(O[Si](C)(C)C(C)(C)C)C1. The predicted molar refractivity (Wildman–Crippen MR) is 74.0 cm³/mol. The molecule has 0 aromatic carbocycles. The molecule has 0 bridgehead atoms. The maximum absolute atomic E-state index is 10.7. The van der Waals surface area contributed by atoms with Crippen molar-refractivity contribution in [2.24, 2.45) is 0 Å². The van der Waals surface area contributed by atoms with Crippen molar-refractivity contribution >= 4 is 14.4 Å². The van der Waals surface area contributed by atoms with E-state index in [2.05, 4.69) is 45.1 Å². The van der Waals surface area contributed by atoms with Gasteiger partial charge in [-0.25, -0.2) is 4.79 Å². The van der Waals surface area contributed by atoms with Crippen molar-refractivity contribution in [1.29, 1.82) is 0 Å². The monoisotopic (exact) mass is 269 g/mol. The normalized spacial score (nSPS) is 28.1. The predicted octanol–water partition coefficient (Wildman–Crippen LogP) is 2.81. The fourth-order valence-electron chi connectivity index (χ4n) is 1.85. The Morgan fingerprint density at radius 2 is 2.00 bits per heavy atom. The van der Waals surface area contributed by atoms with Gasteiger partial charge in [0.05, 0.1) is 6.10 Å². The van der Waals surface area contributed by atoms with Crippen molar-refractivity contribution in [2.75, 3.05) is 0 Å². The molecule has 0 radical (unpaired) electrons. The van der Waals surface area contributed by atoms with Crippen LogP contribution < -0.4 is 5.32 Å². The first-order chi connectivity index (χ1) is 8.01. The van der Waals surface area contributed by atoms with Crippen molar-refractivity contribution in [1.82, 2.24) is 5.32 Å². The molecule has 102 valence electrons. The lowest BCUT2D eigenvalue weighted by Gasteiger charge is -2.48. The second-order valence-electron chi connectivity index (χ2n) is 6.57. The number of hydrogen-bond acceptors (Lipinski definition) is 2. The first kappa shape index (κ1) is 15.1. The summed E-state index contributed by atoms with van der Waals surface area (Å²) in [5.74, 6) is 2.54. The van der Waals surface area contributed by atoms with Gasteiger partial charge in [-0.1, -0.05) is 26.7 Å². The molecule has 1 aliphatic rings. The van der Waals surface area contributed by atoms with Crippen LogP contribution in [0.2, 0.25) is 18.1 Å². The number of carbonyl (C=O) groups is 1. The molecular formula is C13H23NO3Si. The Hall–Kier alpha value is -0.993. The van der Waals surface area contributed by atoms with Crippen molar-refractivity contribution in [2.45, 2.75) is 63.4 Å². The first-order valence-electron chi connectivity index (χ1n) is 6.18. The van der Waals surface area contributed by atoms with Gasteiger partial charge in [-0.05, 0) is 18.1 Å². The Labute approximate surface area is 110 Å². The number of hydrogen-bond donors (Lipinski definition) is 2. The third-order valence-corrected chi connectivity index (χ3v) is 8.58. The van der Waals surface area contributed by atoms with Gasteiger partial charge in [0.15, 0.2) is 8.32 Å².